The van der Waals surface area contributed by atoms with Crippen molar-refractivity contribution in [2.75, 3.05) is 6.54 Å². The van der Waals surface area contributed by atoms with Crippen molar-refractivity contribution in [1.29, 1.82) is 0 Å². The summed E-state index contributed by atoms with van der Waals surface area (Å²) >= 11 is 4.83. The third kappa shape index (κ3) is 3.25. The molecule has 3 nitrogen and oxygen atoms in total. The summed E-state index contributed by atoms with van der Waals surface area (Å²) in [6, 6.07) is 0. The molecule has 0 aliphatic heterocycles. The fraction of sp³-hybridized carbons (Fsp3) is 0.800. The summed E-state index contributed by atoms with van der Waals surface area (Å²) in [5.74, 6) is 0.972. The van der Waals surface area contributed by atoms with E-state index >= 15 is 0 Å². The fourth-order valence-electron chi connectivity index (χ4n) is 1.33. The van der Waals surface area contributed by atoms with Crippen LogP contribution in [0.3, 0.4) is 0 Å². The molecule has 3 N–H and O–H groups in total. The summed E-state index contributed by atoms with van der Waals surface area (Å²) in [6.07, 6.45) is 2.39. The number of amides is 1. The van der Waals surface area contributed by atoms with Crippen molar-refractivity contribution in [3.05, 3.63) is 0 Å². The predicted molar refractivity (Wildman–Crippen MR) is 60.8 cm³/mol. The van der Waals surface area contributed by atoms with Gasteiger partial charge < -0.3 is 11.1 Å². The van der Waals surface area contributed by atoms with Gasteiger partial charge in [-0.2, -0.15) is 0 Å². The van der Waals surface area contributed by atoms with Gasteiger partial charge in [0.2, 0.25) is 5.91 Å². The van der Waals surface area contributed by atoms with E-state index < -0.39 is 0 Å². The standard InChI is InChI=1S/C10H18N2OS/c1-6(9(11)14)5-12-10(13)7(2)8-3-4-8/h6-8H,3-5H2,1-2H3,(H2,11,14)(H,12,13). The molecule has 2 unspecified atom stereocenters. The van der Waals surface area contributed by atoms with Crippen LogP contribution in [0.5, 0.6) is 0 Å². The second-order valence-corrected chi connectivity index (χ2v) is 4.65. The molecule has 4 heteroatoms. The molecule has 0 aromatic heterocycles. The van der Waals surface area contributed by atoms with Gasteiger partial charge in [-0.05, 0) is 18.8 Å². The monoisotopic (exact) mass is 214 g/mol. The van der Waals surface area contributed by atoms with Crippen LogP contribution in [0.15, 0.2) is 0 Å². The third-order valence-electron chi connectivity index (χ3n) is 2.81. The van der Waals surface area contributed by atoms with Crippen LogP contribution in [-0.4, -0.2) is 17.4 Å². The van der Waals surface area contributed by atoms with Crippen LogP contribution in [0.1, 0.15) is 26.7 Å². The Balaban J connectivity index is 2.23. The summed E-state index contributed by atoms with van der Waals surface area (Å²) in [5.41, 5.74) is 5.45. The molecule has 0 radical (unpaired) electrons. The summed E-state index contributed by atoms with van der Waals surface area (Å²) in [7, 11) is 0. The van der Waals surface area contributed by atoms with Crippen LogP contribution in [0.2, 0.25) is 0 Å². The second-order valence-electron chi connectivity index (χ2n) is 4.17. The smallest absolute Gasteiger partial charge is 0.223 e. The highest BCUT2D eigenvalue weighted by atomic mass is 32.1. The van der Waals surface area contributed by atoms with Crippen molar-refractivity contribution < 1.29 is 4.79 Å². The Morgan fingerprint density at radius 3 is 2.57 bits per heavy atom. The molecule has 0 heterocycles. The molecular weight excluding hydrogens is 196 g/mol. The molecule has 0 spiro atoms. The zero-order valence-electron chi connectivity index (χ0n) is 8.75. The highest BCUT2D eigenvalue weighted by Gasteiger charge is 2.32. The lowest BCUT2D eigenvalue weighted by Crippen LogP contribution is -2.36. The zero-order chi connectivity index (χ0) is 10.7. The SMILES string of the molecule is CC(CNC(=O)C(C)C1CC1)C(N)=S. The van der Waals surface area contributed by atoms with Gasteiger partial charge in [-0.15, -0.1) is 0 Å². The predicted octanol–water partition coefficient (Wildman–Crippen LogP) is 1.07. The maximum atomic E-state index is 11.6. The quantitative estimate of drug-likeness (QED) is 0.673. The van der Waals surface area contributed by atoms with Crippen LogP contribution in [-0.2, 0) is 4.79 Å². The summed E-state index contributed by atoms with van der Waals surface area (Å²) in [6.45, 7) is 4.47. The maximum Gasteiger partial charge on any atom is 0.223 e. The second kappa shape index (κ2) is 4.73. The Hall–Kier alpha value is -0.640. The third-order valence-corrected chi connectivity index (χ3v) is 3.21. The molecule has 1 fully saturated rings. The Bertz CT molecular complexity index is 238. The maximum absolute atomic E-state index is 11.6. The van der Waals surface area contributed by atoms with E-state index in [2.05, 4.69) is 5.32 Å². The Labute approximate surface area is 90.4 Å². The lowest BCUT2D eigenvalue weighted by atomic mass is 10.1. The van der Waals surface area contributed by atoms with Crippen molar-refractivity contribution >= 4 is 23.1 Å². The van der Waals surface area contributed by atoms with E-state index in [1.165, 1.54) is 12.8 Å². The van der Waals surface area contributed by atoms with E-state index in [0.29, 0.717) is 17.5 Å². The summed E-state index contributed by atoms with van der Waals surface area (Å²) < 4.78 is 0. The van der Waals surface area contributed by atoms with E-state index in [9.17, 15) is 4.79 Å². The highest BCUT2D eigenvalue weighted by Crippen LogP contribution is 2.36. The average molecular weight is 214 g/mol. The van der Waals surface area contributed by atoms with Crippen LogP contribution < -0.4 is 11.1 Å². The number of thiocarbonyl (C=S) groups is 1. The first-order valence-corrected chi connectivity index (χ1v) is 5.50. The van der Waals surface area contributed by atoms with Gasteiger partial charge in [-0.3, -0.25) is 4.79 Å². The van der Waals surface area contributed by atoms with E-state index in [-0.39, 0.29) is 17.7 Å². The van der Waals surface area contributed by atoms with E-state index in [1.54, 1.807) is 0 Å². The zero-order valence-corrected chi connectivity index (χ0v) is 9.56. The Kier molecular flexibility index (Phi) is 3.86. The van der Waals surface area contributed by atoms with Crippen LogP contribution in [0.4, 0.5) is 0 Å². The van der Waals surface area contributed by atoms with Gasteiger partial charge in [-0.25, -0.2) is 0 Å². The minimum Gasteiger partial charge on any atom is -0.393 e. The van der Waals surface area contributed by atoms with Gasteiger partial charge in [0.25, 0.3) is 0 Å². The molecule has 0 bridgehead atoms. The average Bonchev–Trinajstić information content (AvgIpc) is 2.95. The molecule has 1 saturated carbocycles. The first-order chi connectivity index (χ1) is 6.52. The number of nitrogens with two attached hydrogens (primary N) is 1. The Morgan fingerprint density at radius 1 is 1.57 bits per heavy atom. The number of carbonyl (C=O) groups is 1. The van der Waals surface area contributed by atoms with E-state index in [1.807, 2.05) is 13.8 Å². The molecule has 80 valence electrons. The highest BCUT2D eigenvalue weighted by molar-refractivity contribution is 7.80. The molecule has 2 atom stereocenters. The minimum absolute atomic E-state index is 0.0837. The number of nitrogens with one attached hydrogen (secondary N) is 1. The lowest BCUT2D eigenvalue weighted by molar-refractivity contribution is -0.125. The molecular formula is C10H18N2OS. The van der Waals surface area contributed by atoms with Crippen LogP contribution in [0.25, 0.3) is 0 Å². The lowest BCUT2D eigenvalue weighted by Gasteiger charge is -2.14. The van der Waals surface area contributed by atoms with Gasteiger partial charge >= 0.3 is 0 Å². The minimum atomic E-state index is 0.0837. The van der Waals surface area contributed by atoms with E-state index in [4.69, 9.17) is 18.0 Å². The number of rotatable bonds is 5. The van der Waals surface area contributed by atoms with Gasteiger partial charge in [-0.1, -0.05) is 26.1 Å². The van der Waals surface area contributed by atoms with Gasteiger partial charge in [0.1, 0.15) is 0 Å². The molecule has 1 amide bonds. The summed E-state index contributed by atoms with van der Waals surface area (Å²) in [4.78, 5) is 12.0. The molecule has 0 saturated heterocycles. The first kappa shape index (κ1) is 11.4. The van der Waals surface area contributed by atoms with Crippen molar-refractivity contribution in [2.45, 2.75) is 26.7 Å². The first-order valence-electron chi connectivity index (χ1n) is 5.09. The molecule has 0 aromatic carbocycles. The number of hydrogen-bond donors (Lipinski definition) is 2. The molecule has 14 heavy (non-hydrogen) atoms. The van der Waals surface area contributed by atoms with Gasteiger partial charge in [0.15, 0.2) is 0 Å². The largest absolute Gasteiger partial charge is 0.393 e. The normalized spacial score (nSPS) is 19.9. The van der Waals surface area contributed by atoms with Gasteiger partial charge in [0.05, 0.1) is 4.99 Å². The van der Waals surface area contributed by atoms with Crippen LogP contribution in [0, 0.1) is 17.8 Å². The molecule has 1 aliphatic carbocycles. The topological polar surface area (TPSA) is 55.1 Å². The molecule has 1 rings (SSSR count). The van der Waals surface area contributed by atoms with Gasteiger partial charge in [0, 0.05) is 18.4 Å². The van der Waals surface area contributed by atoms with Crippen molar-refractivity contribution in [1.82, 2.24) is 5.32 Å². The molecule has 1 aliphatic rings. The molecule has 0 aromatic rings. The Morgan fingerprint density at radius 2 is 2.14 bits per heavy atom. The number of hydrogen-bond acceptors (Lipinski definition) is 2. The van der Waals surface area contributed by atoms with Crippen molar-refractivity contribution in [3.63, 3.8) is 0 Å². The fourth-order valence-corrected chi connectivity index (χ4v) is 1.41. The van der Waals surface area contributed by atoms with Crippen molar-refractivity contribution in [2.24, 2.45) is 23.5 Å². The van der Waals surface area contributed by atoms with Crippen molar-refractivity contribution in [3.8, 4) is 0 Å². The number of carbonyl (C=O) groups excluding carboxylic acids is 1. The summed E-state index contributed by atoms with van der Waals surface area (Å²) in [5, 5.41) is 2.88. The van der Waals surface area contributed by atoms with Crippen LogP contribution >= 0.6 is 12.2 Å². The van der Waals surface area contributed by atoms with E-state index in [0.717, 1.165) is 0 Å².